The van der Waals surface area contributed by atoms with Crippen molar-refractivity contribution in [1.29, 1.82) is 0 Å². The highest BCUT2D eigenvalue weighted by molar-refractivity contribution is 9.11. The lowest BCUT2D eigenvalue weighted by molar-refractivity contribution is 0.0975. The first-order valence-corrected chi connectivity index (χ1v) is 9.05. The van der Waals surface area contributed by atoms with Gasteiger partial charge in [0.05, 0.1) is 15.6 Å². The van der Waals surface area contributed by atoms with Crippen LogP contribution in [0.15, 0.2) is 21.1 Å². The highest BCUT2D eigenvalue weighted by Gasteiger charge is 2.09. The van der Waals surface area contributed by atoms with Crippen molar-refractivity contribution in [3.05, 3.63) is 26.6 Å². The average molecular weight is 423 g/mol. The predicted octanol–water partition coefficient (Wildman–Crippen LogP) is 4.91. The van der Waals surface area contributed by atoms with E-state index in [4.69, 9.17) is 9.47 Å². The molecule has 0 aliphatic heterocycles. The van der Waals surface area contributed by atoms with Crippen LogP contribution in [-0.2, 0) is 11.3 Å². The first kappa shape index (κ1) is 18.9. The SMILES string of the molecule is CCCCOCCOc1c(Br)cc(CNC(C)C)cc1Br. The van der Waals surface area contributed by atoms with Crippen molar-refractivity contribution < 1.29 is 9.47 Å². The summed E-state index contributed by atoms with van der Waals surface area (Å²) in [6, 6.07) is 4.65. The van der Waals surface area contributed by atoms with E-state index in [0.29, 0.717) is 19.3 Å². The van der Waals surface area contributed by atoms with Crippen LogP contribution >= 0.6 is 31.9 Å². The topological polar surface area (TPSA) is 30.5 Å². The van der Waals surface area contributed by atoms with Crippen molar-refractivity contribution in [3.63, 3.8) is 0 Å². The summed E-state index contributed by atoms with van der Waals surface area (Å²) in [5, 5.41) is 3.41. The molecule has 0 atom stereocenters. The molecule has 0 aliphatic carbocycles. The highest BCUT2D eigenvalue weighted by Crippen LogP contribution is 2.34. The van der Waals surface area contributed by atoms with Crippen molar-refractivity contribution >= 4 is 31.9 Å². The number of ether oxygens (including phenoxy) is 2. The van der Waals surface area contributed by atoms with Gasteiger partial charge in [0.15, 0.2) is 0 Å². The molecule has 1 aromatic carbocycles. The third-order valence-corrected chi connectivity index (χ3v) is 4.07. The zero-order valence-electron chi connectivity index (χ0n) is 13.0. The van der Waals surface area contributed by atoms with E-state index in [-0.39, 0.29) is 0 Å². The molecule has 0 spiro atoms. The van der Waals surface area contributed by atoms with Gasteiger partial charge in [-0.3, -0.25) is 0 Å². The van der Waals surface area contributed by atoms with Crippen LogP contribution in [0, 0.1) is 0 Å². The molecule has 0 saturated carbocycles. The largest absolute Gasteiger partial charge is 0.489 e. The standard InChI is InChI=1S/C16H25Br2NO2/c1-4-5-6-20-7-8-21-16-14(17)9-13(10-15(16)18)11-19-12(2)3/h9-10,12,19H,4-8,11H2,1-3H3. The van der Waals surface area contributed by atoms with Gasteiger partial charge in [-0.15, -0.1) is 0 Å². The maximum Gasteiger partial charge on any atom is 0.147 e. The smallest absolute Gasteiger partial charge is 0.147 e. The van der Waals surface area contributed by atoms with Gasteiger partial charge in [0, 0.05) is 19.2 Å². The molecule has 0 amide bonds. The van der Waals surface area contributed by atoms with Crippen LogP contribution in [0.1, 0.15) is 39.2 Å². The predicted molar refractivity (Wildman–Crippen MR) is 95.0 cm³/mol. The zero-order chi connectivity index (χ0) is 15.7. The van der Waals surface area contributed by atoms with Gasteiger partial charge in [-0.25, -0.2) is 0 Å². The molecule has 0 radical (unpaired) electrons. The Hall–Kier alpha value is -0.100. The van der Waals surface area contributed by atoms with Gasteiger partial charge in [-0.2, -0.15) is 0 Å². The Labute approximate surface area is 145 Å². The Morgan fingerprint density at radius 2 is 1.76 bits per heavy atom. The number of rotatable bonds is 10. The van der Waals surface area contributed by atoms with Crippen LogP contribution in [0.2, 0.25) is 0 Å². The molecule has 0 heterocycles. The molecular formula is C16H25Br2NO2. The summed E-state index contributed by atoms with van der Waals surface area (Å²) >= 11 is 7.15. The van der Waals surface area contributed by atoms with Crippen molar-refractivity contribution in [1.82, 2.24) is 5.32 Å². The molecule has 0 aliphatic rings. The van der Waals surface area contributed by atoms with Crippen LogP contribution in [0.3, 0.4) is 0 Å². The summed E-state index contributed by atoms with van der Waals surface area (Å²) < 4.78 is 13.2. The molecule has 0 bridgehead atoms. The van der Waals surface area contributed by atoms with E-state index in [2.05, 4.69) is 70.1 Å². The van der Waals surface area contributed by atoms with Crippen LogP contribution in [-0.4, -0.2) is 25.9 Å². The highest BCUT2D eigenvalue weighted by atomic mass is 79.9. The summed E-state index contributed by atoms with van der Waals surface area (Å²) in [7, 11) is 0. The van der Waals surface area contributed by atoms with Crippen LogP contribution < -0.4 is 10.1 Å². The van der Waals surface area contributed by atoms with Crippen molar-refractivity contribution in [2.45, 2.75) is 46.2 Å². The Bertz CT molecular complexity index is 402. The third-order valence-electron chi connectivity index (χ3n) is 2.89. The lowest BCUT2D eigenvalue weighted by Gasteiger charge is -2.14. The zero-order valence-corrected chi connectivity index (χ0v) is 16.2. The molecule has 120 valence electrons. The van der Waals surface area contributed by atoms with Gasteiger partial charge in [0.25, 0.3) is 0 Å². The van der Waals surface area contributed by atoms with E-state index in [1.54, 1.807) is 0 Å². The number of hydrogen-bond acceptors (Lipinski definition) is 3. The minimum Gasteiger partial charge on any atom is -0.489 e. The second-order valence-electron chi connectivity index (χ2n) is 5.24. The van der Waals surface area contributed by atoms with Gasteiger partial charge in [0.1, 0.15) is 12.4 Å². The summed E-state index contributed by atoms with van der Waals surface area (Å²) in [5.74, 6) is 0.836. The molecule has 1 N–H and O–H groups in total. The summed E-state index contributed by atoms with van der Waals surface area (Å²) in [5.41, 5.74) is 1.22. The number of halogens is 2. The molecule has 0 saturated heterocycles. The Kier molecular flexibility index (Phi) is 9.56. The number of nitrogens with one attached hydrogen (secondary N) is 1. The van der Waals surface area contributed by atoms with Gasteiger partial charge in [-0.1, -0.05) is 27.2 Å². The summed E-state index contributed by atoms with van der Waals surface area (Å²) in [6.45, 7) is 9.27. The van der Waals surface area contributed by atoms with Gasteiger partial charge in [-0.05, 0) is 56.0 Å². The fraction of sp³-hybridized carbons (Fsp3) is 0.625. The van der Waals surface area contributed by atoms with Crippen LogP contribution in [0.25, 0.3) is 0 Å². The van der Waals surface area contributed by atoms with Crippen LogP contribution in [0.4, 0.5) is 0 Å². The maximum absolute atomic E-state index is 5.79. The fourth-order valence-corrected chi connectivity index (χ4v) is 3.24. The van der Waals surface area contributed by atoms with Crippen molar-refractivity contribution in [2.24, 2.45) is 0 Å². The molecule has 1 aromatic rings. The number of unbranched alkanes of at least 4 members (excludes halogenated alkanes) is 1. The summed E-state index contributed by atoms with van der Waals surface area (Å²) in [6.07, 6.45) is 2.26. The summed E-state index contributed by atoms with van der Waals surface area (Å²) in [4.78, 5) is 0. The fourth-order valence-electron chi connectivity index (χ4n) is 1.73. The quantitative estimate of drug-likeness (QED) is 0.543. The van der Waals surface area contributed by atoms with E-state index in [1.807, 2.05) is 0 Å². The first-order chi connectivity index (χ1) is 10.0. The third kappa shape index (κ3) is 7.63. The maximum atomic E-state index is 5.79. The molecule has 3 nitrogen and oxygen atoms in total. The van der Waals surface area contributed by atoms with E-state index in [9.17, 15) is 0 Å². The van der Waals surface area contributed by atoms with E-state index in [0.717, 1.165) is 40.7 Å². The second-order valence-corrected chi connectivity index (χ2v) is 6.95. The van der Waals surface area contributed by atoms with E-state index < -0.39 is 0 Å². The van der Waals surface area contributed by atoms with Gasteiger partial charge >= 0.3 is 0 Å². The Morgan fingerprint density at radius 3 is 2.33 bits per heavy atom. The molecule has 1 rings (SSSR count). The minimum absolute atomic E-state index is 0.471. The van der Waals surface area contributed by atoms with E-state index in [1.165, 1.54) is 5.56 Å². The molecule has 0 aromatic heterocycles. The molecular weight excluding hydrogens is 398 g/mol. The Balaban J connectivity index is 2.47. The van der Waals surface area contributed by atoms with Crippen LogP contribution in [0.5, 0.6) is 5.75 Å². The van der Waals surface area contributed by atoms with Crippen molar-refractivity contribution in [2.75, 3.05) is 19.8 Å². The molecule has 0 unspecified atom stereocenters. The molecule has 21 heavy (non-hydrogen) atoms. The second kappa shape index (κ2) is 10.6. The Morgan fingerprint density at radius 1 is 1.10 bits per heavy atom. The monoisotopic (exact) mass is 421 g/mol. The molecule has 0 fully saturated rings. The normalized spacial score (nSPS) is 11.1. The van der Waals surface area contributed by atoms with Crippen molar-refractivity contribution in [3.8, 4) is 5.75 Å². The number of benzene rings is 1. The number of hydrogen-bond donors (Lipinski definition) is 1. The van der Waals surface area contributed by atoms with Gasteiger partial charge < -0.3 is 14.8 Å². The first-order valence-electron chi connectivity index (χ1n) is 7.46. The molecule has 5 heteroatoms. The van der Waals surface area contributed by atoms with Gasteiger partial charge in [0.2, 0.25) is 0 Å². The lowest BCUT2D eigenvalue weighted by atomic mass is 10.2. The average Bonchev–Trinajstić information content (AvgIpc) is 2.42. The van der Waals surface area contributed by atoms with E-state index >= 15 is 0 Å². The lowest BCUT2D eigenvalue weighted by Crippen LogP contribution is -2.21. The minimum atomic E-state index is 0.471.